The molecule has 0 fully saturated rings. The fourth-order valence-electron chi connectivity index (χ4n) is 2.76. The average Bonchev–Trinajstić information content (AvgIpc) is 2.62. The summed E-state index contributed by atoms with van der Waals surface area (Å²) in [7, 11) is 1.79. The highest BCUT2D eigenvalue weighted by molar-refractivity contribution is 5.93. The molecule has 1 aliphatic heterocycles. The maximum atomic E-state index is 12.4. The number of para-hydroxylation sites is 2. The molecule has 3 rings (SSSR count). The molecule has 0 atom stereocenters. The van der Waals surface area contributed by atoms with Crippen molar-refractivity contribution in [2.45, 2.75) is 13.2 Å². The van der Waals surface area contributed by atoms with Crippen molar-refractivity contribution < 1.29 is 27.8 Å². The molecule has 1 heterocycles. The molecule has 6 nitrogen and oxygen atoms in total. The number of rotatable bonds is 7. The number of carbonyl (C=O) groups excluding carboxylic acids is 1. The summed E-state index contributed by atoms with van der Waals surface area (Å²) in [6.45, 7) is -1.32. The molecule has 2 aromatic carbocycles. The number of amides is 1. The van der Waals surface area contributed by atoms with Crippen molar-refractivity contribution in [1.82, 2.24) is 4.90 Å². The third-order valence-electron chi connectivity index (χ3n) is 3.85. The Bertz CT molecular complexity index is 801. The molecule has 0 aliphatic carbocycles. The van der Waals surface area contributed by atoms with Gasteiger partial charge in [0.25, 0.3) is 0 Å². The van der Waals surface area contributed by atoms with E-state index >= 15 is 0 Å². The summed E-state index contributed by atoms with van der Waals surface area (Å²) in [5.74, 6) is 0.992. The van der Waals surface area contributed by atoms with Crippen LogP contribution in [0.5, 0.6) is 17.2 Å². The van der Waals surface area contributed by atoms with Crippen molar-refractivity contribution >= 4 is 11.6 Å². The number of nitrogens with zero attached hydrogens (tertiary/aromatic N) is 1. The van der Waals surface area contributed by atoms with E-state index in [-0.39, 0.29) is 23.9 Å². The van der Waals surface area contributed by atoms with E-state index in [4.69, 9.17) is 9.47 Å². The van der Waals surface area contributed by atoms with Crippen LogP contribution in [-0.2, 0) is 11.3 Å². The number of carbonyl (C=O) groups is 1. The Labute approximate surface area is 155 Å². The average molecular weight is 378 g/mol. The second-order valence-corrected chi connectivity index (χ2v) is 6.07. The summed E-state index contributed by atoms with van der Waals surface area (Å²) >= 11 is 0. The Morgan fingerprint density at radius 3 is 2.70 bits per heavy atom. The molecule has 0 bridgehead atoms. The number of hydrogen-bond acceptors (Lipinski definition) is 5. The molecule has 0 saturated carbocycles. The highest BCUT2D eigenvalue weighted by atomic mass is 19.3. The van der Waals surface area contributed by atoms with E-state index in [0.29, 0.717) is 31.3 Å². The summed E-state index contributed by atoms with van der Waals surface area (Å²) in [4.78, 5) is 14.0. The number of likely N-dealkylation sites (N-methyl/N-ethyl adjacent to an activating group) is 1. The molecule has 0 saturated heterocycles. The van der Waals surface area contributed by atoms with Crippen LogP contribution in [0.1, 0.15) is 5.56 Å². The Morgan fingerprint density at radius 2 is 1.93 bits per heavy atom. The van der Waals surface area contributed by atoms with Crippen LogP contribution in [0.25, 0.3) is 0 Å². The standard InChI is InChI=1S/C19H20F2N2O4/c1-23(11-13-6-7-16-17(10-13)26-9-8-25-16)12-18(24)22-14-4-2-3-5-15(14)27-19(20)21/h2-7,10,19H,8-9,11-12H2,1H3,(H,22,24). The van der Waals surface area contributed by atoms with Crippen LogP contribution in [0, 0.1) is 0 Å². The molecule has 0 spiro atoms. The number of hydrogen-bond donors (Lipinski definition) is 1. The van der Waals surface area contributed by atoms with E-state index in [0.717, 1.165) is 5.56 Å². The molecule has 1 N–H and O–H groups in total. The number of ether oxygens (including phenoxy) is 3. The van der Waals surface area contributed by atoms with Crippen LogP contribution in [0.15, 0.2) is 42.5 Å². The number of halogens is 2. The molecule has 0 aromatic heterocycles. The number of anilines is 1. The van der Waals surface area contributed by atoms with E-state index in [1.165, 1.54) is 12.1 Å². The van der Waals surface area contributed by atoms with Gasteiger partial charge in [0.2, 0.25) is 5.91 Å². The molecule has 0 unspecified atom stereocenters. The third-order valence-corrected chi connectivity index (χ3v) is 3.85. The van der Waals surface area contributed by atoms with Gasteiger partial charge in [-0.15, -0.1) is 0 Å². The summed E-state index contributed by atoms with van der Waals surface area (Å²) in [6.07, 6.45) is 0. The van der Waals surface area contributed by atoms with Crippen molar-refractivity contribution in [2.75, 3.05) is 32.1 Å². The summed E-state index contributed by atoms with van der Waals surface area (Å²) in [5.41, 5.74) is 1.17. The fraction of sp³-hybridized carbons (Fsp3) is 0.316. The largest absolute Gasteiger partial charge is 0.486 e. The second kappa shape index (κ2) is 8.68. The van der Waals surface area contributed by atoms with Gasteiger partial charge in [-0.2, -0.15) is 8.78 Å². The molecule has 1 amide bonds. The summed E-state index contributed by atoms with van der Waals surface area (Å²) in [6, 6.07) is 11.7. The van der Waals surface area contributed by atoms with Crippen molar-refractivity contribution in [3.63, 3.8) is 0 Å². The maximum absolute atomic E-state index is 12.4. The van der Waals surface area contributed by atoms with Gasteiger partial charge in [0.15, 0.2) is 11.5 Å². The van der Waals surface area contributed by atoms with Gasteiger partial charge >= 0.3 is 6.61 Å². The number of benzene rings is 2. The number of alkyl halides is 2. The SMILES string of the molecule is CN(CC(=O)Nc1ccccc1OC(F)F)Cc1ccc2c(c1)OCCO2. The first-order valence-corrected chi connectivity index (χ1v) is 8.42. The van der Waals surface area contributed by atoms with Gasteiger partial charge in [-0.3, -0.25) is 9.69 Å². The monoisotopic (exact) mass is 378 g/mol. The first kappa shape index (κ1) is 18.9. The Balaban J connectivity index is 1.57. The normalized spacial score (nSPS) is 12.9. The molecule has 0 radical (unpaired) electrons. The Morgan fingerprint density at radius 1 is 1.19 bits per heavy atom. The van der Waals surface area contributed by atoms with Crippen LogP contribution in [0.4, 0.5) is 14.5 Å². The zero-order chi connectivity index (χ0) is 19.2. The van der Waals surface area contributed by atoms with Crippen molar-refractivity contribution in [3.05, 3.63) is 48.0 Å². The number of fused-ring (bicyclic) bond motifs is 1. The predicted molar refractivity (Wildman–Crippen MR) is 95.5 cm³/mol. The van der Waals surface area contributed by atoms with Gasteiger partial charge in [0.1, 0.15) is 19.0 Å². The molecule has 8 heteroatoms. The lowest BCUT2D eigenvalue weighted by Crippen LogP contribution is -2.30. The van der Waals surface area contributed by atoms with Crippen molar-refractivity contribution in [3.8, 4) is 17.2 Å². The zero-order valence-electron chi connectivity index (χ0n) is 14.8. The minimum atomic E-state index is -2.96. The zero-order valence-corrected chi connectivity index (χ0v) is 14.8. The molecule has 27 heavy (non-hydrogen) atoms. The van der Waals surface area contributed by atoms with Crippen LogP contribution in [-0.4, -0.2) is 44.2 Å². The summed E-state index contributed by atoms with van der Waals surface area (Å²) in [5, 5.41) is 2.60. The maximum Gasteiger partial charge on any atom is 0.387 e. The van der Waals surface area contributed by atoms with E-state index in [2.05, 4.69) is 10.1 Å². The van der Waals surface area contributed by atoms with Gasteiger partial charge in [-0.1, -0.05) is 18.2 Å². The lowest BCUT2D eigenvalue weighted by molar-refractivity contribution is -0.117. The lowest BCUT2D eigenvalue weighted by atomic mass is 10.2. The topological polar surface area (TPSA) is 60.0 Å². The highest BCUT2D eigenvalue weighted by Gasteiger charge is 2.15. The fourth-order valence-corrected chi connectivity index (χ4v) is 2.76. The van der Waals surface area contributed by atoms with Crippen LogP contribution in [0.2, 0.25) is 0 Å². The van der Waals surface area contributed by atoms with Gasteiger partial charge < -0.3 is 19.5 Å². The molecular weight excluding hydrogens is 358 g/mol. The second-order valence-electron chi connectivity index (χ2n) is 6.07. The summed E-state index contributed by atoms with van der Waals surface area (Å²) < 4.78 is 40.3. The van der Waals surface area contributed by atoms with Crippen LogP contribution in [0.3, 0.4) is 0 Å². The van der Waals surface area contributed by atoms with Crippen LogP contribution >= 0.6 is 0 Å². The van der Waals surface area contributed by atoms with E-state index in [1.54, 1.807) is 24.1 Å². The minimum Gasteiger partial charge on any atom is -0.486 e. The van der Waals surface area contributed by atoms with Crippen molar-refractivity contribution in [1.29, 1.82) is 0 Å². The first-order chi connectivity index (χ1) is 13.0. The first-order valence-electron chi connectivity index (χ1n) is 8.42. The Hall–Kier alpha value is -2.87. The number of nitrogens with one attached hydrogen (secondary N) is 1. The van der Waals surface area contributed by atoms with E-state index < -0.39 is 6.61 Å². The lowest BCUT2D eigenvalue weighted by Gasteiger charge is -2.21. The van der Waals surface area contributed by atoms with Crippen molar-refractivity contribution in [2.24, 2.45) is 0 Å². The van der Waals surface area contributed by atoms with Gasteiger partial charge in [0.05, 0.1) is 12.2 Å². The van der Waals surface area contributed by atoms with Gasteiger partial charge in [-0.05, 0) is 36.9 Å². The minimum absolute atomic E-state index is 0.0738. The molecule has 2 aromatic rings. The molecule has 144 valence electrons. The highest BCUT2D eigenvalue weighted by Crippen LogP contribution is 2.31. The van der Waals surface area contributed by atoms with Crippen LogP contribution < -0.4 is 19.5 Å². The quantitative estimate of drug-likeness (QED) is 0.802. The van der Waals surface area contributed by atoms with E-state index in [1.807, 2.05) is 18.2 Å². The Kier molecular flexibility index (Phi) is 6.08. The predicted octanol–water partition coefficient (Wildman–Crippen LogP) is 3.13. The molecular formula is C19H20F2N2O4. The van der Waals surface area contributed by atoms with E-state index in [9.17, 15) is 13.6 Å². The third kappa shape index (κ3) is 5.30. The van der Waals surface area contributed by atoms with Gasteiger partial charge in [0, 0.05) is 6.54 Å². The van der Waals surface area contributed by atoms with Gasteiger partial charge in [-0.25, -0.2) is 0 Å². The molecule has 1 aliphatic rings. The smallest absolute Gasteiger partial charge is 0.387 e.